The minimum absolute atomic E-state index is 0.304. The molecule has 0 atom stereocenters. The molecule has 0 aromatic heterocycles. The quantitative estimate of drug-likeness (QED) is 0.528. The van der Waals surface area contributed by atoms with Gasteiger partial charge in [0.05, 0.1) is 0 Å². The fourth-order valence-electron chi connectivity index (χ4n) is 1.09. The number of ether oxygens (including phenoxy) is 1. The second-order valence-electron chi connectivity index (χ2n) is 3.92. The van der Waals surface area contributed by atoms with Crippen LogP contribution in [0.3, 0.4) is 0 Å². The summed E-state index contributed by atoms with van der Waals surface area (Å²) in [4.78, 5) is 11.0. The number of benzene rings is 1. The predicted molar refractivity (Wildman–Crippen MR) is 54.3 cm³/mol. The molecular formula is C11H8F6O3. The van der Waals surface area contributed by atoms with Gasteiger partial charge in [-0.05, 0) is 24.3 Å². The van der Waals surface area contributed by atoms with E-state index >= 15 is 0 Å². The van der Waals surface area contributed by atoms with E-state index in [1.165, 1.54) is 0 Å². The maximum absolute atomic E-state index is 13.1. The Morgan fingerprint density at radius 2 is 1.50 bits per heavy atom. The lowest BCUT2D eigenvalue weighted by molar-refractivity contribution is -0.296. The van der Waals surface area contributed by atoms with Gasteiger partial charge in [0.2, 0.25) is 0 Å². The minimum Gasteiger partial charge on any atom is -0.508 e. The number of alkyl halides is 6. The number of phenols is 1. The van der Waals surface area contributed by atoms with Crippen LogP contribution in [0.5, 0.6) is 11.5 Å². The second-order valence-corrected chi connectivity index (χ2v) is 3.92. The van der Waals surface area contributed by atoms with Gasteiger partial charge in [0, 0.05) is 6.92 Å². The number of aromatic hydroxyl groups is 1. The van der Waals surface area contributed by atoms with Gasteiger partial charge < -0.3 is 9.84 Å². The van der Waals surface area contributed by atoms with Gasteiger partial charge in [0.1, 0.15) is 11.5 Å². The van der Waals surface area contributed by atoms with Crippen molar-refractivity contribution in [3.8, 4) is 11.5 Å². The maximum Gasteiger partial charge on any atom is 0.411 e. The van der Waals surface area contributed by atoms with Crippen LogP contribution in [0.25, 0.3) is 0 Å². The predicted octanol–water partition coefficient (Wildman–Crippen LogP) is 3.22. The monoisotopic (exact) mass is 302 g/mol. The van der Waals surface area contributed by atoms with Gasteiger partial charge in [0.15, 0.2) is 0 Å². The van der Waals surface area contributed by atoms with E-state index < -0.39 is 36.4 Å². The number of phenolic OH excluding ortho intramolecular Hbond substituents is 1. The van der Waals surface area contributed by atoms with Crippen molar-refractivity contribution in [1.82, 2.24) is 0 Å². The van der Waals surface area contributed by atoms with E-state index in [4.69, 9.17) is 5.11 Å². The van der Waals surface area contributed by atoms with Gasteiger partial charge in [-0.3, -0.25) is 0 Å². The van der Waals surface area contributed by atoms with Crippen LogP contribution in [0.15, 0.2) is 24.3 Å². The summed E-state index contributed by atoms with van der Waals surface area (Å²) in [6.07, 6.45) is 0. The molecular weight excluding hydrogens is 294 g/mol. The number of rotatable bonds is 4. The first-order chi connectivity index (χ1) is 8.89. The highest BCUT2D eigenvalue weighted by molar-refractivity contribution is 5.81. The van der Waals surface area contributed by atoms with Crippen LogP contribution in [0.2, 0.25) is 0 Å². The standard InChI is InChI=1S/C11H8F6O3/c1-9(12,13)11(16,17)10(14,15)8(19)20-7-4-2-6(18)3-5-7/h2-5,18H,1H3. The van der Waals surface area contributed by atoms with Crippen LogP contribution in [-0.2, 0) is 4.79 Å². The molecule has 0 saturated heterocycles. The van der Waals surface area contributed by atoms with Crippen molar-refractivity contribution < 1.29 is 41.0 Å². The summed E-state index contributed by atoms with van der Waals surface area (Å²) in [5.74, 6) is -20.5. The van der Waals surface area contributed by atoms with Gasteiger partial charge >= 0.3 is 23.7 Å². The Bertz CT molecular complexity index is 492. The Labute approximate surface area is 108 Å². The van der Waals surface area contributed by atoms with E-state index in [-0.39, 0.29) is 5.75 Å². The summed E-state index contributed by atoms with van der Waals surface area (Å²) in [5, 5.41) is 8.88. The Hall–Kier alpha value is -1.93. The lowest BCUT2D eigenvalue weighted by atomic mass is 10.1. The summed E-state index contributed by atoms with van der Waals surface area (Å²) >= 11 is 0. The summed E-state index contributed by atoms with van der Waals surface area (Å²) < 4.78 is 80.8. The second kappa shape index (κ2) is 4.88. The minimum atomic E-state index is -5.91. The molecule has 0 aliphatic heterocycles. The smallest absolute Gasteiger partial charge is 0.411 e. The highest BCUT2D eigenvalue weighted by Gasteiger charge is 2.74. The first-order valence-corrected chi connectivity index (χ1v) is 5.04. The van der Waals surface area contributed by atoms with E-state index in [1.807, 2.05) is 0 Å². The number of carbonyl (C=O) groups is 1. The van der Waals surface area contributed by atoms with E-state index in [9.17, 15) is 31.1 Å². The molecule has 1 N–H and O–H groups in total. The van der Waals surface area contributed by atoms with Gasteiger partial charge in [-0.25, -0.2) is 4.79 Å². The Balaban J connectivity index is 2.98. The molecule has 0 aliphatic carbocycles. The average Bonchev–Trinajstić information content (AvgIpc) is 2.30. The number of esters is 1. The van der Waals surface area contributed by atoms with E-state index in [1.54, 1.807) is 0 Å². The number of carbonyl (C=O) groups excluding carboxylic acids is 1. The molecule has 3 nitrogen and oxygen atoms in total. The zero-order valence-corrected chi connectivity index (χ0v) is 9.84. The molecule has 1 rings (SSSR count). The van der Waals surface area contributed by atoms with Crippen LogP contribution in [0.1, 0.15) is 6.92 Å². The first-order valence-electron chi connectivity index (χ1n) is 5.04. The Kier molecular flexibility index (Phi) is 3.93. The Morgan fingerprint density at radius 3 is 1.90 bits per heavy atom. The lowest BCUT2D eigenvalue weighted by Gasteiger charge is -2.28. The van der Waals surface area contributed by atoms with Gasteiger partial charge in [-0.2, -0.15) is 26.3 Å². The topological polar surface area (TPSA) is 46.5 Å². The molecule has 0 aliphatic rings. The van der Waals surface area contributed by atoms with Gasteiger partial charge in [0.25, 0.3) is 0 Å². The highest BCUT2D eigenvalue weighted by atomic mass is 19.3. The molecule has 0 heterocycles. The molecule has 0 fully saturated rings. The SMILES string of the molecule is CC(F)(F)C(F)(F)C(F)(F)C(=O)Oc1ccc(O)cc1. The summed E-state index contributed by atoms with van der Waals surface area (Å²) in [6, 6.07) is 3.50. The molecule has 1 aromatic rings. The third-order valence-electron chi connectivity index (χ3n) is 2.25. The van der Waals surface area contributed by atoms with Gasteiger partial charge in [-0.15, -0.1) is 0 Å². The normalized spacial score (nSPS) is 13.2. The highest BCUT2D eigenvalue weighted by Crippen LogP contribution is 2.46. The fraction of sp³-hybridized carbons (Fsp3) is 0.364. The molecule has 0 radical (unpaired) electrons. The van der Waals surface area contributed by atoms with Crippen LogP contribution in [0.4, 0.5) is 26.3 Å². The summed E-state index contributed by atoms with van der Waals surface area (Å²) in [5.41, 5.74) is 0. The molecule has 20 heavy (non-hydrogen) atoms. The van der Waals surface area contributed by atoms with Gasteiger partial charge in [-0.1, -0.05) is 0 Å². The molecule has 9 heteroatoms. The van der Waals surface area contributed by atoms with Crippen LogP contribution < -0.4 is 4.74 Å². The zero-order chi connectivity index (χ0) is 15.8. The van der Waals surface area contributed by atoms with Crippen LogP contribution >= 0.6 is 0 Å². The summed E-state index contributed by atoms with van der Waals surface area (Å²) in [6.45, 7) is -0.436. The van der Waals surface area contributed by atoms with Crippen molar-refractivity contribution in [2.45, 2.75) is 24.7 Å². The van der Waals surface area contributed by atoms with Crippen molar-refractivity contribution >= 4 is 5.97 Å². The molecule has 0 unspecified atom stereocenters. The van der Waals surface area contributed by atoms with Crippen LogP contribution in [0, 0.1) is 0 Å². The van der Waals surface area contributed by atoms with Crippen LogP contribution in [-0.4, -0.2) is 28.8 Å². The molecule has 0 saturated carbocycles. The van der Waals surface area contributed by atoms with E-state index in [2.05, 4.69) is 4.74 Å². The number of hydrogen-bond acceptors (Lipinski definition) is 3. The average molecular weight is 302 g/mol. The number of hydrogen-bond donors (Lipinski definition) is 1. The fourth-order valence-corrected chi connectivity index (χ4v) is 1.09. The lowest BCUT2D eigenvalue weighted by Crippen LogP contribution is -2.57. The largest absolute Gasteiger partial charge is 0.508 e. The van der Waals surface area contributed by atoms with Crippen molar-refractivity contribution in [1.29, 1.82) is 0 Å². The Morgan fingerprint density at radius 1 is 1.05 bits per heavy atom. The van der Waals surface area contributed by atoms with Crippen molar-refractivity contribution in [2.75, 3.05) is 0 Å². The molecule has 1 aromatic carbocycles. The molecule has 0 amide bonds. The molecule has 112 valence electrons. The zero-order valence-electron chi connectivity index (χ0n) is 9.84. The maximum atomic E-state index is 13.1. The van der Waals surface area contributed by atoms with Crippen molar-refractivity contribution in [3.63, 3.8) is 0 Å². The third kappa shape index (κ3) is 2.81. The van der Waals surface area contributed by atoms with Crippen molar-refractivity contribution in [3.05, 3.63) is 24.3 Å². The summed E-state index contributed by atoms with van der Waals surface area (Å²) in [7, 11) is 0. The molecule has 0 spiro atoms. The van der Waals surface area contributed by atoms with Crippen molar-refractivity contribution in [2.24, 2.45) is 0 Å². The van der Waals surface area contributed by atoms with E-state index in [0.29, 0.717) is 0 Å². The number of halogens is 6. The molecule has 0 bridgehead atoms. The first kappa shape index (κ1) is 16.1. The third-order valence-corrected chi connectivity index (χ3v) is 2.25. The van der Waals surface area contributed by atoms with E-state index in [0.717, 1.165) is 24.3 Å².